The van der Waals surface area contributed by atoms with Gasteiger partial charge in [-0.3, -0.25) is 0 Å². The quantitative estimate of drug-likeness (QED) is 0.748. The van der Waals surface area contributed by atoms with Crippen LogP contribution >= 0.6 is 0 Å². The summed E-state index contributed by atoms with van der Waals surface area (Å²) in [4.78, 5) is -0.00305. The van der Waals surface area contributed by atoms with E-state index in [2.05, 4.69) is 0 Å². The van der Waals surface area contributed by atoms with Gasteiger partial charge in [-0.05, 0) is 30.0 Å². The van der Waals surface area contributed by atoms with Gasteiger partial charge in [-0.2, -0.15) is 0 Å². The molecule has 16 heavy (non-hydrogen) atoms. The number of benzene rings is 1. The minimum Gasteiger partial charge on any atom is -0.205 e. The fraction of sp³-hybridized carbons (Fsp3) is 0.455. The second-order valence-corrected chi connectivity index (χ2v) is 5.50. The van der Waals surface area contributed by atoms with E-state index in [9.17, 15) is 12.9 Å². The molecule has 3 nitrogen and oxygen atoms in total. The molecule has 0 N–H and O–H groups in total. The standard InChI is InChI=1S/C11H16FNO2S/c1-3-4-9-13(12)16(14,15)11-7-5-10(2)6-8-11/h5-8H,3-4,9H2,1-2H3. The highest BCUT2D eigenvalue weighted by molar-refractivity contribution is 7.89. The largest absolute Gasteiger partial charge is 0.269 e. The van der Waals surface area contributed by atoms with Crippen LogP contribution in [0.25, 0.3) is 0 Å². The molecule has 0 aromatic heterocycles. The molecule has 0 bridgehead atoms. The fourth-order valence-corrected chi connectivity index (χ4v) is 2.31. The summed E-state index contributed by atoms with van der Waals surface area (Å²) in [5.41, 5.74) is 0.943. The summed E-state index contributed by atoms with van der Waals surface area (Å²) in [6, 6.07) is 6.15. The third kappa shape index (κ3) is 3.02. The molecule has 0 spiro atoms. The topological polar surface area (TPSA) is 37.4 Å². The molecule has 0 aliphatic rings. The highest BCUT2D eigenvalue weighted by Gasteiger charge is 2.23. The zero-order valence-corrected chi connectivity index (χ0v) is 10.3. The van der Waals surface area contributed by atoms with Crippen molar-refractivity contribution in [2.75, 3.05) is 6.54 Å². The first kappa shape index (κ1) is 13.1. The summed E-state index contributed by atoms with van der Waals surface area (Å²) in [5.74, 6) is 0. The second kappa shape index (κ2) is 5.41. The number of hydrogen-bond donors (Lipinski definition) is 0. The summed E-state index contributed by atoms with van der Waals surface area (Å²) in [7, 11) is -3.96. The molecule has 90 valence electrons. The van der Waals surface area contributed by atoms with E-state index < -0.39 is 10.0 Å². The highest BCUT2D eigenvalue weighted by Crippen LogP contribution is 2.17. The Balaban J connectivity index is 2.89. The number of rotatable bonds is 5. The van der Waals surface area contributed by atoms with Gasteiger partial charge in [0.15, 0.2) is 0 Å². The summed E-state index contributed by atoms with van der Waals surface area (Å²) < 4.78 is 36.7. The predicted octanol–water partition coefficient (Wildman–Crippen LogP) is 2.67. The number of unbranched alkanes of at least 4 members (excludes halogenated alkanes) is 1. The molecular weight excluding hydrogens is 229 g/mol. The Morgan fingerprint density at radius 3 is 2.31 bits per heavy atom. The van der Waals surface area contributed by atoms with Gasteiger partial charge in [0.2, 0.25) is 0 Å². The van der Waals surface area contributed by atoms with Crippen molar-refractivity contribution in [2.24, 2.45) is 0 Å². The van der Waals surface area contributed by atoms with Crippen LogP contribution in [-0.4, -0.2) is 19.5 Å². The van der Waals surface area contributed by atoms with Gasteiger partial charge in [0.1, 0.15) is 0 Å². The van der Waals surface area contributed by atoms with Crippen molar-refractivity contribution < 1.29 is 12.9 Å². The molecule has 1 aromatic carbocycles. The van der Waals surface area contributed by atoms with Gasteiger partial charge in [-0.15, -0.1) is 4.48 Å². The monoisotopic (exact) mass is 245 g/mol. The lowest BCUT2D eigenvalue weighted by atomic mass is 10.2. The maximum atomic E-state index is 13.4. The van der Waals surface area contributed by atoms with Crippen LogP contribution in [0.3, 0.4) is 0 Å². The first-order valence-corrected chi connectivity index (χ1v) is 6.67. The Bertz CT molecular complexity index is 428. The molecule has 0 aliphatic heterocycles. The zero-order valence-electron chi connectivity index (χ0n) is 9.48. The van der Waals surface area contributed by atoms with E-state index in [1.165, 1.54) is 12.1 Å². The van der Waals surface area contributed by atoms with Crippen molar-refractivity contribution in [3.63, 3.8) is 0 Å². The van der Waals surface area contributed by atoms with Crippen molar-refractivity contribution in [2.45, 2.75) is 31.6 Å². The first-order valence-electron chi connectivity index (χ1n) is 5.23. The van der Waals surface area contributed by atoms with Crippen LogP contribution in [0, 0.1) is 6.92 Å². The Labute approximate surface area is 95.9 Å². The third-order valence-corrected chi connectivity index (χ3v) is 3.84. The molecule has 5 heteroatoms. The number of aryl methyl sites for hydroxylation is 1. The number of nitrogens with zero attached hydrogens (tertiary/aromatic N) is 1. The molecule has 0 fully saturated rings. The fourth-order valence-electron chi connectivity index (χ4n) is 1.23. The van der Waals surface area contributed by atoms with E-state index in [0.29, 0.717) is 6.42 Å². The van der Waals surface area contributed by atoms with E-state index in [0.717, 1.165) is 12.0 Å². The Hall–Kier alpha value is -0.940. The predicted molar refractivity (Wildman–Crippen MR) is 61.1 cm³/mol. The van der Waals surface area contributed by atoms with Gasteiger partial charge in [0.25, 0.3) is 10.0 Å². The lowest BCUT2D eigenvalue weighted by Crippen LogP contribution is -2.24. The van der Waals surface area contributed by atoms with E-state index in [1.54, 1.807) is 12.1 Å². The number of hydrogen-bond acceptors (Lipinski definition) is 2. The SMILES string of the molecule is CCCCN(F)S(=O)(=O)c1ccc(C)cc1. The molecule has 1 aromatic rings. The first-order chi connectivity index (χ1) is 7.48. The number of sulfonamides is 1. The smallest absolute Gasteiger partial charge is 0.205 e. The summed E-state index contributed by atoms with van der Waals surface area (Å²) in [6.45, 7) is 3.64. The van der Waals surface area contributed by atoms with E-state index in [4.69, 9.17) is 0 Å². The van der Waals surface area contributed by atoms with Crippen molar-refractivity contribution in [3.05, 3.63) is 29.8 Å². The average molecular weight is 245 g/mol. The molecule has 0 amide bonds. The zero-order chi connectivity index (χ0) is 12.2. The molecule has 0 saturated heterocycles. The van der Waals surface area contributed by atoms with Crippen LogP contribution in [0.5, 0.6) is 0 Å². The van der Waals surface area contributed by atoms with Crippen molar-refractivity contribution in [3.8, 4) is 0 Å². The third-order valence-electron chi connectivity index (χ3n) is 2.27. The Morgan fingerprint density at radius 2 is 1.81 bits per heavy atom. The maximum Gasteiger partial charge on any atom is 0.269 e. The highest BCUT2D eigenvalue weighted by atomic mass is 32.2. The van der Waals surface area contributed by atoms with Crippen LogP contribution in [0.15, 0.2) is 29.2 Å². The van der Waals surface area contributed by atoms with Crippen LogP contribution in [0.2, 0.25) is 0 Å². The molecule has 0 unspecified atom stereocenters. The molecule has 1 rings (SSSR count). The van der Waals surface area contributed by atoms with Crippen LogP contribution < -0.4 is 0 Å². The lowest BCUT2D eigenvalue weighted by Gasteiger charge is -2.12. The minimum atomic E-state index is -3.96. The van der Waals surface area contributed by atoms with Crippen molar-refractivity contribution in [1.82, 2.24) is 4.53 Å². The summed E-state index contributed by atoms with van der Waals surface area (Å²) >= 11 is 0. The summed E-state index contributed by atoms with van der Waals surface area (Å²) in [6.07, 6.45) is 1.27. The maximum absolute atomic E-state index is 13.4. The van der Waals surface area contributed by atoms with Crippen LogP contribution in [0.4, 0.5) is 4.48 Å². The minimum absolute atomic E-state index is 0.00305. The molecular formula is C11H16FNO2S. The molecule has 0 radical (unpaired) electrons. The lowest BCUT2D eigenvalue weighted by molar-refractivity contribution is 0.137. The average Bonchev–Trinajstić information content (AvgIpc) is 2.26. The van der Waals surface area contributed by atoms with E-state index in [1.807, 2.05) is 13.8 Å². The number of halogens is 1. The van der Waals surface area contributed by atoms with Gasteiger partial charge >= 0.3 is 0 Å². The van der Waals surface area contributed by atoms with Crippen molar-refractivity contribution >= 4 is 10.0 Å². The van der Waals surface area contributed by atoms with Crippen LogP contribution in [0.1, 0.15) is 25.3 Å². The normalized spacial score (nSPS) is 12.0. The van der Waals surface area contributed by atoms with Crippen LogP contribution in [-0.2, 0) is 10.0 Å². The van der Waals surface area contributed by atoms with Gasteiger partial charge in [0, 0.05) is 6.54 Å². The van der Waals surface area contributed by atoms with Gasteiger partial charge in [0.05, 0.1) is 4.90 Å². The molecule has 0 aliphatic carbocycles. The van der Waals surface area contributed by atoms with Crippen molar-refractivity contribution in [1.29, 1.82) is 0 Å². The second-order valence-electron chi connectivity index (χ2n) is 3.68. The Morgan fingerprint density at radius 1 is 1.25 bits per heavy atom. The van der Waals surface area contributed by atoms with E-state index in [-0.39, 0.29) is 16.0 Å². The van der Waals surface area contributed by atoms with Gasteiger partial charge in [-0.25, -0.2) is 8.42 Å². The van der Waals surface area contributed by atoms with E-state index >= 15 is 0 Å². The Kier molecular flexibility index (Phi) is 4.44. The molecule has 0 heterocycles. The summed E-state index contributed by atoms with van der Waals surface area (Å²) in [5, 5.41) is 0. The molecule has 0 saturated carbocycles. The van der Waals surface area contributed by atoms with Gasteiger partial charge in [-0.1, -0.05) is 31.0 Å². The molecule has 0 atom stereocenters. The van der Waals surface area contributed by atoms with Gasteiger partial charge < -0.3 is 0 Å².